The number of nitrogens with one attached hydrogen (secondary N) is 2. The first kappa shape index (κ1) is 12.2. The normalized spacial score (nSPS) is 22.2. The highest BCUT2D eigenvalue weighted by Crippen LogP contribution is 2.31. The molecule has 3 rings (SSSR count). The summed E-state index contributed by atoms with van der Waals surface area (Å²) in [6.45, 7) is 4.33. The highest BCUT2D eigenvalue weighted by Gasteiger charge is 2.31. The van der Waals surface area contributed by atoms with E-state index in [1.165, 1.54) is 16.6 Å². The van der Waals surface area contributed by atoms with Crippen LogP contribution in [-0.2, 0) is 16.0 Å². The topological polar surface area (TPSA) is 54.1 Å². The summed E-state index contributed by atoms with van der Waals surface area (Å²) in [6, 6.07) is 8.10. The molecule has 0 saturated heterocycles. The highest BCUT2D eigenvalue weighted by atomic mass is 16.5. The number of carbonyl (C=O) groups is 1. The monoisotopic (exact) mass is 258 g/mol. The minimum atomic E-state index is -0.248. The van der Waals surface area contributed by atoms with Gasteiger partial charge in [0.15, 0.2) is 0 Å². The van der Waals surface area contributed by atoms with Crippen molar-refractivity contribution >= 4 is 16.9 Å². The summed E-state index contributed by atoms with van der Waals surface area (Å²) in [6.07, 6.45) is 0.683. The van der Waals surface area contributed by atoms with Gasteiger partial charge in [-0.15, -0.1) is 0 Å². The lowest BCUT2D eigenvalue weighted by molar-refractivity contribution is -0.146. The first-order chi connectivity index (χ1) is 9.20. The Morgan fingerprint density at radius 3 is 3.00 bits per heavy atom. The van der Waals surface area contributed by atoms with Crippen molar-refractivity contribution in [1.82, 2.24) is 10.3 Å². The molecular formula is C15H18N2O2. The molecule has 0 spiro atoms. The Balaban J connectivity index is 2.00. The Morgan fingerprint density at radius 1 is 1.42 bits per heavy atom. The number of para-hydroxylation sites is 1. The van der Waals surface area contributed by atoms with Gasteiger partial charge in [0.05, 0.1) is 6.61 Å². The molecule has 2 N–H and O–H groups in total. The molecule has 4 nitrogen and oxygen atoms in total. The molecule has 2 heterocycles. The van der Waals surface area contributed by atoms with Crippen molar-refractivity contribution in [2.75, 3.05) is 6.61 Å². The smallest absolute Gasteiger partial charge is 0.323 e. The maximum absolute atomic E-state index is 11.9. The van der Waals surface area contributed by atoms with Crippen LogP contribution in [0.2, 0.25) is 0 Å². The molecule has 2 aromatic rings. The lowest BCUT2D eigenvalue weighted by Gasteiger charge is -2.27. The number of fused-ring (bicyclic) bond motifs is 3. The third-order valence-electron chi connectivity index (χ3n) is 3.71. The van der Waals surface area contributed by atoms with E-state index in [-0.39, 0.29) is 18.1 Å². The maximum atomic E-state index is 11.9. The van der Waals surface area contributed by atoms with Gasteiger partial charge in [0.2, 0.25) is 0 Å². The van der Waals surface area contributed by atoms with Gasteiger partial charge in [-0.05, 0) is 25.5 Å². The number of aromatic nitrogens is 1. The van der Waals surface area contributed by atoms with E-state index in [2.05, 4.69) is 29.4 Å². The average molecular weight is 258 g/mol. The summed E-state index contributed by atoms with van der Waals surface area (Å²) in [5.41, 5.74) is 3.55. The minimum absolute atomic E-state index is 0.130. The van der Waals surface area contributed by atoms with E-state index in [4.69, 9.17) is 4.74 Å². The van der Waals surface area contributed by atoms with E-state index in [9.17, 15) is 4.79 Å². The minimum Gasteiger partial charge on any atom is -0.465 e. The molecule has 4 heteroatoms. The fraction of sp³-hybridized carbons (Fsp3) is 0.400. The van der Waals surface area contributed by atoms with Gasteiger partial charge in [0, 0.05) is 29.1 Å². The van der Waals surface area contributed by atoms with Crippen molar-refractivity contribution in [1.29, 1.82) is 0 Å². The Kier molecular flexibility index (Phi) is 3.03. The Labute approximate surface area is 112 Å². The summed E-state index contributed by atoms with van der Waals surface area (Å²) in [5.74, 6) is -0.162. The molecule has 1 aliphatic rings. The van der Waals surface area contributed by atoms with E-state index in [0.717, 1.165) is 5.52 Å². The number of rotatable bonds is 2. The van der Waals surface area contributed by atoms with Crippen molar-refractivity contribution in [2.24, 2.45) is 0 Å². The predicted molar refractivity (Wildman–Crippen MR) is 74.0 cm³/mol. The number of ether oxygens (including phenoxy) is 1. The van der Waals surface area contributed by atoms with Gasteiger partial charge >= 0.3 is 5.97 Å². The number of hydrogen-bond acceptors (Lipinski definition) is 3. The molecule has 1 aliphatic heterocycles. The Morgan fingerprint density at radius 2 is 2.21 bits per heavy atom. The molecule has 2 atom stereocenters. The van der Waals surface area contributed by atoms with Crippen molar-refractivity contribution < 1.29 is 9.53 Å². The predicted octanol–water partition coefficient (Wildman–Crippen LogP) is 2.31. The summed E-state index contributed by atoms with van der Waals surface area (Å²) in [7, 11) is 0. The van der Waals surface area contributed by atoms with Gasteiger partial charge in [-0.2, -0.15) is 0 Å². The number of esters is 1. The second kappa shape index (κ2) is 4.70. The SMILES string of the molecule is CCOC(=O)[C@H]1Cc2c([nH]c3ccccc23)[C@@H](C)N1. The number of aromatic amines is 1. The lowest BCUT2D eigenvalue weighted by atomic mass is 9.95. The fourth-order valence-corrected chi connectivity index (χ4v) is 2.85. The molecule has 0 unspecified atom stereocenters. The van der Waals surface area contributed by atoms with E-state index < -0.39 is 0 Å². The van der Waals surface area contributed by atoms with Crippen molar-refractivity contribution in [3.8, 4) is 0 Å². The molecule has 0 amide bonds. The number of hydrogen-bond donors (Lipinski definition) is 2. The summed E-state index contributed by atoms with van der Waals surface area (Å²) < 4.78 is 5.12. The van der Waals surface area contributed by atoms with Crippen LogP contribution in [0.25, 0.3) is 10.9 Å². The standard InChI is InChI=1S/C15H18N2O2/c1-3-19-15(18)13-8-11-10-6-4-5-7-12(10)17-14(11)9(2)16-13/h4-7,9,13,16-17H,3,8H2,1-2H3/t9-,13-/m1/s1. The Hall–Kier alpha value is -1.81. The highest BCUT2D eigenvalue weighted by molar-refractivity contribution is 5.87. The molecule has 19 heavy (non-hydrogen) atoms. The third kappa shape index (κ3) is 2.02. The van der Waals surface area contributed by atoms with Crippen LogP contribution >= 0.6 is 0 Å². The first-order valence-corrected chi connectivity index (χ1v) is 6.73. The lowest BCUT2D eigenvalue weighted by Crippen LogP contribution is -2.44. The summed E-state index contributed by atoms with van der Waals surface area (Å²) >= 11 is 0. The van der Waals surface area contributed by atoms with Crippen LogP contribution in [0.15, 0.2) is 24.3 Å². The van der Waals surface area contributed by atoms with Crippen molar-refractivity contribution in [3.63, 3.8) is 0 Å². The van der Waals surface area contributed by atoms with Crippen LogP contribution in [0.5, 0.6) is 0 Å². The maximum Gasteiger partial charge on any atom is 0.323 e. The van der Waals surface area contributed by atoms with E-state index >= 15 is 0 Å². The molecule has 0 bridgehead atoms. The van der Waals surface area contributed by atoms with Gasteiger partial charge < -0.3 is 9.72 Å². The quantitative estimate of drug-likeness (QED) is 0.813. The first-order valence-electron chi connectivity index (χ1n) is 6.73. The number of H-pyrrole nitrogens is 1. The Bertz CT molecular complexity index is 618. The van der Waals surface area contributed by atoms with Gasteiger partial charge in [-0.25, -0.2) is 0 Å². The van der Waals surface area contributed by atoms with Gasteiger partial charge in [0.25, 0.3) is 0 Å². The molecule has 1 aromatic carbocycles. The van der Waals surface area contributed by atoms with Crippen molar-refractivity contribution in [3.05, 3.63) is 35.5 Å². The average Bonchev–Trinajstić information content (AvgIpc) is 2.78. The molecule has 1 aromatic heterocycles. The van der Waals surface area contributed by atoms with Gasteiger partial charge in [-0.3, -0.25) is 10.1 Å². The molecule has 0 saturated carbocycles. The van der Waals surface area contributed by atoms with Gasteiger partial charge in [-0.1, -0.05) is 18.2 Å². The fourth-order valence-electron chi connectivity index (χ4n) is 2.85. The van der Waals surface area contributed by atoms with Crippen LogP contribution < -0.4 is 5.32 Å². The molecule has 0 aliphatic carbocycles. The second-order valence-electron chi connectivity index (χ2n) is 4.96. The summed E-state index contributed by atoms with van der Waals surface area (Å²) in [5, 5.41) is 4.52. The van der Waals surface area contributed by atoms with Crippen LogP contribution in [0, 0.1) is 0 Å². The largest absolute Gasteiger partial charge is 0.465 e. The zero-order chi connectivity index (χ0) is 13.4. The number of carbonyl (C=O) groups excluding carboxylic acids is 1. The second-order valence-corrected chi connectivity index (χ2v) is 4.96. The third-order valence-corrected chi connectivity index (χ3v) is 3.71. The van der Waals surface area contributed by atoms with E-state index in [1.807, 2.05) is 19.1 Å². The zero-order valence-electron chi connectivity index (χ0n) is 11.2. The molecular weight excluding hydrogens is 240 g/mol. The van der Waals surface area contributed by atoms with E-state index in [1.54, 1.807) is 0 Å². The van der Waals surface area contributed by atoms with Crippen molar-refractivity contribution in [2.45, 2.75) is 32.4 Å². The van der Waals surface area contributed by atoms with Crippen LogP contribution in [0.3, 0.4) is 0 Å². The van der Waals surface area contributed by atoms with Gasteiger partial charge in [0.1, 0.15) is 6.04 Å². The zero-order valence-corrected chi connectivity index (χ0v) is 11.2. The molecule has 100 valence electrons. The number of benzene rings is 1. The van der Waals surface area contributed by atoms with Crippen LogP contribution in [-0.4, -0.2) is 23.6 Å². The molecule has 0 fully saturated rings. The van der Waals surface area contributed by atoms with E-state index in [0.29, 0.717) is 13.0 Å². The summed E-state index contributed by atoms with van der Waals surface area (Å²) in [4.78, 5) is 15.4. The molecule has 0 radical (unpaired) electrons. The van der Waals surface area contributed by atoms with Crippen LogP contribution in [0.4, 0.5) is 0 Å². The van der Waals surface area contributed by atoms with Crippen LogP contribution in [0.1, 0.15) is 31.1 Å².